The highest BCUT2D eigenvalue weighted by molar-refractivity contribution is 7.22. The highest BCUT2D eigenvalue weighted by Gasteiger charge is 2.11. The van der Waals surface area contributed by atoms with Crippen LogP contribution in [0.3, 0.4) is 0 Å². The van der Waals surface area contributed by atoms with Crippen molar-refractivity contribution in [1.82, 2.24) is 4.98 Å². The molecule has 118 valence electrons. The van der Waals surface area contributed by atoms with Crippen LogP contribution in [0.15, 0.2) is 36.4 Å². The van der Waals surface area contributed by atoms with Crippen LogP contribution in [0.4, 0.5) is 5.13 Å². The number of halogens is 1. The van der Waals surface area contributed by atoms with Gasteiger partial charge in [-0.1, -0.05) is 54.1 Å². The summed E-state index contributed by atoms with van der Waals surface area (Å²) >= 11 is 7.51. The molecule has 1 heterocycles. The maximum absolute atomic E-state index is 12.2. The summed E-state index contributed by atoms with van der Waals surface area (Å²) in [7, 11) is 0. The van der Waals surface area contributed by atoms with Crippen molar-refractivity contribution >= 4 is 44.2 Å². The molecule has 2 aromatic carbocycles. The first kappa shape index (κ1) is 16.0. The summed E-state index contributed by atoms with van der Waals surface area (Å²) in [6.45, 7) is 4.08. The van der Waals surface area contributed by atoms with Crippen molar-refractivity contribution < 1.29 is 4.79 Å². The topological polar surface area (TPSA) is 42.0 Å². The quantitative estimate of drug-likeness (QED) is 0.723. The summed E-state index contributed by atoms with van der Waals surface area (Å²) in [4.78, 5) is 16.7. The lowest BCUT2D eigenvalue weighted by atomic mass is 10.1. The van der Waals surface area contributed by atoms with Crippen molar-refractivity contribution in [3.63, 3.8) is 0 Å². The third kappa shape index (κ3) is 3.71. The SMILES string of the molecule is CCc1ccc(CC(=O)Nc2nc3c(C)cc(Cl)cc3s2)cc1. The van der Waals surface area contributed by atoms with E-state index in [9.17, 15) is 4.79 Å². The first-order chi connectivity index (χ1) is 11.0. The second-order valence-electron chi connectivity index (χ2n) is 5.48. The van der Waals surface area contributed by atoms with Gasteiger partial charge in [0.25, 0.3) is 0 Å². The lowest BCUT2D eigenvalue weighted by Crippen LogP contribution is -2.14. The Balaban J connectivity index is 1.73. The molecule has 0 aliphatic carbocycles. The fourth-order valence-electron chi connectivity index (χ4n) is 2.45. The third-order valence-corrected chi connectivity index (χ3v) is 4.83. The Morgan fingerprint density at radius 3 is 2.61 bits per heavy atom. The summed E-state index contributed by atoms with van der Waals surface area (Å²) in [5.74, 6) is -0.0583. The maximum atomic E-state index is 12.2. The van der Waals surface area contributed by atoms with Gasteiger partial charge in [-0.15, -0.1) is 0 Å². The molecule has 23 heavy (non-hydrogen) atoms. The molecule has 0 radical (unpaired) electrons. The number of nitrogens with zero attached hydrogens (tertiary/aromatic N) is 1. The van der Waals surface area contributed by atoms with Crippen molar-refractivity contribution in [3.05, 3.63) is 58.1 Å². The molecule has 3 nitrogen and oxygen atoms in total. The Morgan fingerprint density at radius 1 is 1.22 bits per heavy atom. The fraction of sp³-hybridized carbons (Fsp3) is 0.222. The Kier molecular flexibility index (Phi) is 4.64. The molecule has 0 aliphatic rings. The van der Waals surface area contributed by atoms with E-state index in [1.165, 1.54) is 16.9 Å². The molecular formula is C18H17ClN2OS. The molecule has 0 saturated carbocycles. The van der Waals surface area contributed by atoms with Crippen LogP contribution in [0.1, 0.15) is 23.6 Å². The normalized spacial score (nSPS) is 10.9. The second-order valence-corrected chi connectivity index (χ2v) is 6.95. The van der Waals surface area contributed by atoms with Crippen molar-refractivity contribution in [1.29, 1.82) is 0 Å². The summed E-state index contributed by atoms with van der Waals surface area (Å²) in [6, 6.07) is 11.9. The molecule has 0 unspecified atom stereocenters. The molecule has 0 saturated heterocycles. The van der Waals surface area contributed by atoms with Crippen LogP contribution in [0, 0.1) is 6.92 Å². The van der Waals surface area contributed by atoms with E-state index in [2.05, 4.69) is 29.4 Å². The van der Waals surface area contributed by atoms with Crippen LogP contribution < -0.4 is 5.32 Å². The average Bonchev–Trinajstić information content (AvgIpc) is 2.90. The van der Waals surface area contributed by atoms with Crippen LogP contribution in [0.25, 0.3) is 10.2 Å². The van der Waals surface area contributed by atoms with E-state index in [1.54, 1.807) is 0 Å². The highest BCUT2D eigenvalue weighted by atomic mass is 35.5. The van der Waals surface area contributed by atoms with Gasteiger partial charge in [0.1, 0.15) is 0 Å². The number of carbonyl (C=O) groups excluding carboxylic acids is 1. The Morgan fingerprint density at radius 2 is 1.91 bits per heavy atom. The van der Waals surface area contributed by atoms with Gasteiger partial charge in [-0.3, -0.25) is 4.79 Å². The molecule has 0 spiro atoms. The Labute approximate surface area is 144 Å². The number of benzene rings is 2. The second kappa shape index (κ2) is 6.69. The largest absolute Gasteiger partial charge is 0.302 e. The number of carbonyl (C=O) groups is 1. The van der Waals surface area contributed by atoms with Crippen molar-refractivity contribution in [2.24, 2.45) is 0 Å². The Bertz CT molecular complexity index is 855. The zero-order chi connectivity index (χ0) is 16.4. The minimum atomic E-state index is -0.0583. The number of fused-ring (bicyclic) bond motifs is 1. The van der Waals surface area contributed by atoms with Gasteiger partial charge >= 0.3 is 0 Å². The number of hydrogen-bond donors (Lipinski definition) is 1. The molecule has 3 rings (SSSR count). The van der Waals surface area contributed by atoms with Crippen LogP contribution >= 0.6 is 22.9 Å². The zero-order valence-corrected chi connectivity index (χ0v) is 14.6. The van der Waals surface area contributed by atoms with E-state index in [4.69, 9.17) is 11.6 Å². The van der Waals surface area contributed by atoms with Crippen LogP contribution in [-0.4, -0.2) is 10.9 Å². The van der Waals surface area contributed by atoms with Crippen molar-refractivity contribution in [2.75, 3.05) is 5.32 Å². The van der Waals surface area contributed by atoms with E-state index >= 15 is 0 Å². The number of amides is 1. The summed E-state index contributed by atoms with van der Waals surface area (Å²) < 4.78 is 0.984. The number of anilines is 1. The first-order valence-electron chi connectivity index (χ1n) is 7.49. The molecule has 5 heteroatoms. The van der Waals surface area contributed by atoms with Crippen molar-refractivity contribution in [2.45, 2.75) is 26.7 Å². The molecule has 0 aliphatic heterocycles. The number of thiazole rings is 1. The third-order valence-electron chi connectivity index (χ3n) is 3.69. The fourth-order valence-corrected chi connectivity index (χ4v) is 3.79. The van der Waals surface area contributed by atoms with E-state index in [-0.39, 0.29) is 5.91 Å². The van der Waals surface area contributed by atoms with Gasteiger partial charge in [0.15, 0.2) is 5.13 Å². The molecule has 3 aromatic rings. The minimum Gasteiger partial charge on any atom is -0.302 e. The predicted molar refractivity (Wildman–Crippen MR) is 97.5 cm³/mol. The smallest absolute Gasteiger partial charge is 0.230 e. The van der Waals surface area contributed by atoms with Gasteiger partial charge < -0.3 is 5.32 Å². The summed E-state index contributed by atoms with van der Waals surface area (Å²) in [5, 5.41) is 4.18. The number of aromatic nitrogens is 1. The first-order valence-corrected chi connectivity index (χ1v) is 8.69. The van der Waals surface area contributed by atoms with Gasteiger partial charge in [0, 0.05) is 5.02 Å². The molecular weight excluding hydrogens is 328 g/mol. The molecule has 0 atom stereocenters. The van der Waals surface area contributed by atoms with E-state index in [0.717, 1.165) is 27.8 Å². The van der Waals surface area contributed by atoms with E-state index in [1.807, 2.05) is 31.2 Å². The Hall–Kier alpha value is -1.91. The number of aryl methyl sites for hydroxylation is 2. The molecule has 0 bridgehead atoms. The standard InChI is InChI=1S/C18H17ClN2OS/c1-3-12-4-6-13(7-5-12)9-16(22)20-18-21-17-11(2)8-14(19)10-15(17)23-18/h4-8,10H,3,9H2,1-2H3,(H,20,21,22). The van der Waals surface area contributed by atoms with E-state index < -0.39 is 0 Å². The number of hydrogen-bond acceptors (Lipinski definition) is 3. The summed E-state index contributed by atoms with van der Waals surface area (Å²) in [6.07, 6.45) is 1.35. The molecule has 0 fully saturated rings. The summed E-state index contributed by atoms with van der Waals surface area (Å²) in [5.41, 5.74) is 4.18. The molecule has 1 aromatic heterocycles. The lowest BCUT2D eigenvalue weighted by molar-refractivity contribution is -0.115. The lowest BCUT2D eigenvalue weighted by Gasteiger charge is -2.03. The van der Waals surface area contributed by atoms with Crippen LogP contribution in [0.2, 0.25) is 5.02 Å². The number of rotatable bonds is 4. The molecule has 1 N–H and O–H groups in total. The molecule has 1 amide bonds. The maximum Gasteiger partial charge on any atom is 0.230 e. The van der Waals surface area contributed by atoms with E-state index in [0.29, 0.717) is 16.6 Å². The van der Waals surface area contributed by atoms with Crippen LogP contribution in [-0.2, 0) is 17.6 Å². The number of nitrogens with one attached hydrogen (secondary N) is 1. The van der Waals surface area contributed by atoms with Gasteiger partial charge in [0.05, 0.1) is 16.6 Å². The average molecular weight is 345 g/mol. The minimum absolute atomic E-state index is 0.0583. The highest BCUT2D eigenvalue weighted by Crippen LogP contribution is 2.31. The zero-order valence-electron chi connectivity index (χ0n) is 13.0. The van der Waals surface area contributed by atoms with Crippen molar-refractivity contribution in [3.8, 4) is 0 Å². The van der Waals surface area contributed by atoms with Gasteiger partial charge in [-0.2, -0.15) is 0 Å². The van der Waals surface area contributed by atoms with Gasteiger partial charge in [0.2, 0.25) is 5.91 Å². The van der Waals surface area contributed by atoms with Gasteiger partial charge in [-0.05, 0) is 42.2 Å². The monoisotopic (exact) mass is 344 g/mol. The van der Waals surface area contributed by atoms with Crippen LogP contribution in [0.5, 0.6) is 0 Å². The van der Waals surface area contributed by atoms with Gasteiger partial charge in [-0.25, -0.2) is 4.98 Å². The predicted octanol–water partition coefficient (Wildman–Crippen LogP) is 5.00.